The van der Waals surface area contributed by atoms with Crippen LogP contribution in [0.2, 0.25) is 10.0 Å². The molecule has 0 bridgehead atoms. The van der Waals surface area contributed by atoms with Gasteiger partial charge in [0.2, 0.25) is 5.91 Å². The summed E-state index contributed by atoms with van der Waals surface area (Å²) in [5.74, 6) is -0.335. The summed E-state index contributed by atoms with van der Waals surface area (Å²) >= 11 is 11.7. The highest BCUT2D eigenvalue weighted by molar-refractivity contribution is 6.42. The predicted molar refractivity (Wildman–Crippen MR) is 79.2 cm³/mol. The highest BCUT2D eigenvalue weighted by Gasteiger charge is 2.12. The van der Waals surface area contributed by atoms with Gasteiger partial charge in [0.05, 0.1) is 28.3 Å². The van der Waals surface area contributed by atoms with Crippen LogP contribution in [-0.4, -0.2) is 11.8 Å². The van der Waals surface area contributed by atoms with Crippen molar-refractivity contribution in [2.75, 3.05) is 0 Å². The van der Waals surface area contributed by atoms with Crippen LogP contribution in [0.4, 0.5) is 0 Å². The third-order valence-corrected chi connectivity index (χ3v) is 3.51. The molecule has 1 aromatic carbocycles. The summed E-state index contributed by atoms with van der Waals surface area (Å²) in [5.41, 5.74) is 5.69. The van der Waals surface area contributed by atoms with Crippen molar-refractivity contribution in [1.29, 1.82) is 0 Å². The van der Waals surface area contributed by atoms with Crippen LogP contribution in [0.1, 0.15) is 21.7 Å². The highest BCUT2D eigenvalue weighted by Crippen LogP contribution is 2.22. The Bertz CT molecular complexity index is 683. The minimum atomic E-state index is -0.441. The van der Waals surface area contributed by atoms with Crippen LogP contribution in [0.5, 0.6) is 0 Å². The Morgan fingerprint density at radius 2 is 1.90 bits per heavy atom. The molecule has 2 amide bonds. The van der Waals surface area contributed by atoms with E-state index < -0.39 is 5.91 Å². The van der Waals surface area contributed by atoms with Crippen molar-refractivity contribution in [2.24, 2.45) is 0 Å². The summed E-state index contributed by atoms with van der Waals surface area (Å²) in [7, 11) is 0. The van der Waals surface area contributed by atoms with Crippen LogP contribution >= 0.6 is 23.2 Å². The number of halogens is 2. The number of hydrogen-bond donors (Lipinski definition) is 2. The van der Waals surface area contributed by atoms with Crippen LogP contribution in [0.15, 0.2) is 34.9 Å². The van der Waals surface area contributed by atoms with Crippen molar-refractivity contribution in [3.63, 3.8) is 0 Å². The van der Waals surface area contributed by atoms with Gasteiger partial charge in [-0.3, -0.25) is 20.4 Å². The van der Waals surface area contributed by atoms with Crippen molar-refractivity contribution in [3.8, 4) is 0 Å². The smallest absolute Gasteiger partial charge is 0.273 e. The molecule has 0 atom stereocenters. The van der Waals surface area contributed by atoms with E-state index in [1.165, 1.54) is 12.3 Å². The van der Waals surface area contributed by atoms with Crippen LogP contribution in [0, 0.1) is 6.92 Å². The zero-order valence-electron chi connectivity index (χ0n) is 11.1. The number of amides is 2. The average molecular weight is 327 g/mol. The number of nitrogens with one attached hydrogen (secondary N) is 2. The van der Waals surface area contributed by atoms with Gasteiger partial charge in [0.1, 0.15) is 5.76 Å². The number of carbonyl (C=O) groups is 2. The quantitative estimate of drug-likeness (QED) is 0.852. The van der Waals surface area contributed by atoms with Gasteiger partial charge in [-0.2, -0.15) is 0 Å². The van der Waals surface area contributed by atoms with E-state index in [-0.39, 0.29) is 12.3 Å². The molecule has 110 valence electrons. The topological polar surface area (TPSA) is 71.3 Å². The molecule has 5 nitrogen and oxygen atoms in total. The third-order valence-electron chi connectivity index (χ3n) is 2.77. The number of hydrogen-bond acceptors (Lipinski definition) is 3. The lowest BCUT2D eigenvalue weighted by atomic mass is 10.1. The van der Waals surface area contributed by atoms with E-state index in [9.17, 15) is 9.59 Å². The van der Waals surface area contributed by atoms with Crippen molar-refractivity contribution in [3.05, 3.63) is 57.5 Å². The molecule has 2 rings (SSSR count). The number of furan rings is 1. The second kappa shape index (κ2) is 6.65. The van der Waals surface area contributed by atoms with Gasteiger partial charge in [0, 0.05) is 0 Å². The minimum Gasteiger partial charge on any atom is -0.469 e. The Hall–Kier alpha value is -1.98. The Morgan fingerprint density at radius 1 is 1.14 bits per heavy atom. The van der Waals surface area contributed by atoms with E-state index in [1.807, 2.05) is 0 Å². The molecule has 0 aliphatic heterocycles. The third kappa shape index (κ3) is 4.00. The molecule has 7 heteroatoms. The SMILES string of the molecule is Cc1occc1C(=O)NNC(=O)Cc1ccc(Cl)c(Cl)c1. The van der Waals surface area contributed by atoms with Gasteiger partial charge in [0.25, 0.3) is 5.91 Å². The molecule has 0 saturated carbocycles. The summed E-state index contributed by atoms with van der Waals surface area (Å²) < 4.78 is 5.01. The lowest BCUT2D eigenvalue weighted by Gasteiger charge is -2.07. The van der Waals surface area contributed by atoms with Gasteiger partial charge in [-0.05, 0) is 30.7 Å². The van der Waals surface area contributed by atoms with Crippen LogP contribution in [0.25, 0.3) is 0 Å². The number of hydrazine groups is 1. The largest absolute Gasteiger partial charge is 0.469 e. The zero-order chi connectivity index (χ0) is 15.4. The van der Waals surface area contributed by atoms with Gasteiger partial charge in [-0.15, -0.1) is 0 Å². The molecular weight excluding hydrogens is 315 g/mol. The molecule has 0 unspecified atom stereocenters. The Morgan fingerprint density at radius 3 is 2.52 bits per heavy atom. The average Bonchev–Trinajstić information content (AvgIpc) is 2.86. The van der Waals surface area contributed by atoms with Crippen molar-refractivity contribution in [2.45, 2.75) is 13.3 Å². The first kappa shape index (κ1) is 15.4. The molecule has 0 saturated heterocycles. The monoisotopic (exact) mass is 326 g/mol. The molecule has 0 aliphatic rings. The Kier molecular flexibility index (Phi) is 4.88. The summed E-state index contributed by atoms with van der Waals surface area (Å²) in [5, 5.41) is 0.796. The van der Waals surface area contributed by atoms with Crippen molar-refractivity contribution >= 4 is 35.0 Å². The molecule has 1 aromatic heterocycles. The number of aryl methyl sites for hydroxylation is 1. The first-order chi connectivity index (χ1) is 9.97. The Balaban J connectivity index is 1.89. The highest BCUT2D eigenvalue weighted by atomic mass is 35.5. The van der Waals surface area contributed by atoms with Crippen molar-refractivity contribution < 1.29 is 14.0 Å². The summed E-state index contributed by atoms with van der Waals surface area (Å²) in [4.78, 5) is 23.5. The van der Waals surface area contributed by atoms with E-state index >= 15 is 0 Å². The van der Waals surface area contributed by atoms with E-state index in [2.05, 4.69) is 10.9 Å². The lowest BCUT2D eigenvalue weighted by Crippen LogP contribution is -2.42. The van der Waals surface area contributed by atoms with Gasteiger partial charge in [0.15, 0.2) is 0 Å². The fourth-order valence-corrected chi connectivity index (χ4v) is 2.01. The van der Waals surface area contributed by atoms with Gasteiger partial charge < -0.3 is 4.42 Å². The fourth-order valence-electron chi connectivity index (χ4n) is 1.69. The van der Waals surface area contributed by atoms with E-state index in [0.29, 0.717) is 26.9 Å². The molecule has 0 fully saturated rings. The lowest BCUT2D eigenvalue weighted by molar-refractivity contribution is -0.121. The Labute approximate surface area is 131 Å². The molecule has 0 aliphatic carbocycles. The van der Waals surface area contributed by atoms with Crippen LogP contribution < -0.4 is 10.9 Å². The van der Waals surface area contributed by atoms with Gasteiger partial charge in [-0.25, -0.2) is 0 Å². The molecule has 21 heavy (non-hydrogen) atoms. The van der Waals surface area contributed by atoms with Gasteiger partial charge >= 0.3 is 0 Å². The maximum Gasteiger partial charge on any atom is 0.273 e. The van der Waals surface area contributed by atoms with Crippen LogP contribution in [0.3, 0.4) is 0 Å². The number of carbonyl (C=O) groups excluding carboxylic acids is 2. The minimum absolute atomic E-state index is 0.0710. The van der Waals surface area contributed by atoms with E-state index in [4.69, 9.17) is 27.6 Å². The summed E-state index contributed by atoms with van der Waals surface area (Å²) in [6, 6.07) is 6.43. The molecular formula is C14H12Cl2N2O3. The standard InChI is InChI=1S/C14H12Cl2N2O3/c1-8-10(4-5-21-8)14(20)18-17-13(19)7-9-2-3-11(15)12(16)6-9/h2-6H,7H2,1H3,(H,17,19)(H,18,20). The predicted octanol–water partition coefficient (Wildman–Crippen LogP) is 2.90. The normalized spacial score (nSPS) is 10.2. The second-order valence-electron chi connectivity index (χ2n) is 4.32. The molecule has 1 heterocycles. The second-order valence-corrected chi connectivity index (χ2v) is 5.13. The zero-order valence-corrected chi connectivity index (χ0v) is 12.6. The van der Waals surface area contributed by atoms with Crippen molar-refractivity contribution in [1.82, 2.24) is 10.9 Å². The molecule has 2 aromatic rings. The fraction of sp³-hybridized carbons (Fsp3) is 0.143. The number of benzene rings is 1. The first-order valence-corrected chi connectivity index (χ1v) is 6.80. The first-order valence-electron chi connectivity index (χ1n) is 6.04. The number of rotatable bonds is 3. The maximum absolute atomic E-state index is 11.8. The molecule has 0 spiro atoms. The summed E-state index contributed by atoms with van der Waals surface area (Å²) in [6.45, 7) is 1.66. The maximum atomic E-state index is 11.8. The van der Waals surface area contributed by atoms with E-state index in [0.717, 1.165) is 0 Å². The van der Waals surface area contributed by atoms with E-state index in [1.54, 1.807) is 25.1 Å². The molecule has 0 radical (unpaired) electrons. The molecule has 2 N–H and O–H groups in total. The van der Waals surface area contributed by atoms with Crippen LogP contribution in [-0.2, 0) is 11.2 Å². The summed E-state index contributed by atoms with van der Waals surface area (Å²) in [6.07, 6.45) is 1.48. The van der Waals surface area contributed by atoms with Gasteiger partial charge in [-0.1, -0.05) is 29.3 Å².